The summed E-state index contributed by atoms with van der Waals surface area (Å²) in [7, 11) is 1.54. The van der Waals surface area contributed by atoms with Crippen molar-refractivity contribution in [2.75, 3.05) is 32.5 Å². The Bertz CT molecular complexity index is 501. The van der Waals surface area contributed by atoms with Crippen molar-refractivity contribution in [1.82, 2.24) is 4.90 Å². The van der Waals surface area contributed by atoms with Crippen LogP contribution < -0.4 is 5.73 Å². The van der Waals surface area contributed by atoms with E-state index in [1.54, 1.807) is 7.05 Å². The summed E-state index contributed by atoms with van der Waals surface area (Å²) in [5.41, 5.74) is 4.85. The lowest BCUT2D eigenvalue weighted by Crippen LogP contribution is -2.47. The van der Waals surface area contributed by atoms with E-state index in [4.69, 9.17) is 10.5 Å². The number of carbonyl (C=O) groups excluding carboxylic acids is 1. The van der Waals surface area contributed by atoms with Crippen LogP contribution in [0.15, 0.2) is 18.2 Å². The second kappa shape index (κ2) is 5.76. The van der Waals surface area contributed by atoms with Crippen molar-refractivity contribution in [3.63, 3.8) is 0 Å². The minimum Gasteiger partial charge on any atom is -0.399 e. The smallest absolute Gasteiger partial charge is 0.256 e. The van der Waals surface area contributed by atoms with Crippen LogP contribution in [0.3, 0.4) is 0 Å². The number of likely N-dealkylation sites (N-methyl/N-ethyl adjacent to an activating group) is 1. The Morgan fingerprint density at radius 1 is 1.50 bits per heavy atom. The molecule has 3 N–H and O–H groups in total. The van der Waals surface area contributed by atoms with Crippen molar-refractivity contribution in [1.29, 1.82) is 0 Å². The number of halogens is 1. The lowest BCUT2D eigenvalue weighted by Gasteiger charge is -2.35. The van der Waals surface area contributed by atoms with Crippen LogP contribution >= 0.6 is 0 Å². The average molecular weight is 282 g/mol. The number of aliphatic hydroxyl groups is 1. The van der Waals surface area contributed by atoms with Crippen LogP contribution in [0.25, 0.3) is 0 Å². The van der Waals surface area contributed by atoms with Crippen molar-refractivity contribution in [2.24, 2.45) is 0 Å². The van der Waals surface area contributed by atoms with Gasteiger partial charge in [-0.15, -0.1) is 0 Å². The Morgan fingerprint density at radius 3 is 2.80 bits per heavy atom. The molecule has 0 saturated carbocycles. The SMILES string of the molecule is CN(CC1(O)CCOCC1)C(=O)c1cc(N)ccc1F. The van der Waals surface area contributed by atoms with Gasteiger partial charge in [-0.3, -0.25) is 4.79 Å². The van der Waals surface area contributed by atoms with Gasteiger partial charge in [0.05, 0.1) is 11.2 Å². The van der Waals surface area contributed by atoms with Gasteiger partial charge in [-0.05, 0) is 18.2 Å². The zero-order valence-electron chi connectivity index (χ0n) is 11.4. The standard InChI is InChI=1S/C14H19FN2O3/c1-17(9-14(19)4-6-20-7-5-14)13(18)11-8-10(16)2-3-12(11)15/h2-3,8,19H,4-7,9,16H2,1H3. The van der Waals surface area contributed by atoms with E-state index >= 15 is 0 Å². The maximum atomic E-state index is 13.7. The molecule has 1 amide bonds. The Hall–Kier alpha value is -1.66. The Labute approximate surface area is 117 Å². The average Bonchev–Trinajstić information content (AvgIpc) is 2.41. The molecule has 0 aromatic heterocycles. The van der Waals surface area contributed by atoms with Crippen LogP contribution in [0.4, 0.5) is 10.1 Å². The van der Waals surface area contributed by atoms with Gasteiger partial charge in [-0.2, -0.15) is 0 Å². The van der Waals surface area contributed by atoms with Gasteiger partial charge >= 0.3 is 0 Å². The number of nitrogens with zero attached hydrogens (tertiary/aromatic N) is 1. The van der Waals surface area contributed by atoms with E-state index in [0.717, 1.165) is 0 Å². The highest BCUT2D eigenvalue weighted by molar-refractivity contribution is 5.95. The van der Waals surface area contributed by atoms with Crippen molar-refractivity contribution >= 4 is 11.6 Å². The number of hydrogen-bond donors (Lipinski definition) is 2. The van der Waals surface area contributed by atoms with Crippen LogP contribution in [0.1, 0.15) is 23.2 Å². The second-order valence-corrected chi connectivity index (χ2v) is 5.24. The van der Waals surface area contributed by atoms with Gasteiger partial charge in [0.2, 0.25) is 0 Å². The molecule has 0 atom stereocenters. The third kappa shape index (κ3) is 3.26. The first-order valence-electron chi connectivity index (χ1n) is 6.52. The van der Waals surface area contributed by atoms with Crippen LogP contribution in [0.5, 0.6) is 0 Å². The molecule has 20 heavy (non-hydrogen) atoms. The summed E-state index contributed by atoms with van der Waals surface area (Å²) in [6, 6.07) is 3.87. The van der Waals surface area contributed by atoms with Crippen LogP contribution in [-0.4, -0.2) is 48.3 Å². The normalized spacial score (nSPS) is 17.8. The molecule has 110 valence electrons. The third-order valence-corrected chi connectivity index (χ3v) is 3.52. The van der Waals surface area contributed by atoms with Crippen LogP contribution in [0, 0.1) is 5.82 Å². The van der Waals surface area contributed by atoms with E-state index in [-0.39, 0.29) is 12.1 Å². The molecule has 6 heteroatoms. The summed E-state index contributed by atoms with van der Waals surface area (Å²) < 4.78 is 18.9. The molecule has 2 rings (SSSR count). The minimum absolute atomic E-state index is 0.0804. The first kappa shape index (κ1) is 14.7. The Balaban J connectivity index is 2.10. The molecule has 1 aliphatic heterocycles. The third-order valence-electron chi connectivity index (χ3n) is 3.52. The first-order chi connectivity index (χ1) is 9.41. The molecule has 1 fully saturated rings. The van der Waals surface area contributed by atoms with E-state index in [1.165, 1.54) is 23.1 Å². The summed E-state index contributed by atoms with van der Waals surface area (Å²) in [6.07, 6.45) is 0.925. The van der Waals surface area contributed by atoms with Crippen LogP contribution in [-0.2, 0) is 4.74 Å². The number of amides is 1. The van der Waals surface area contributed by atoms with E-state index in [1.807, 2.05) is 0 Å². The van der Waals surface area contributed by atoms with Crippen LogP contribution in [0.2, 0.25) is 0 Å². The molecule has 0 aliphatic carbocycles. The minimum atomic E-state index is -0.973. The van der Waals surface area contributed by atoms with Crippen molar-refractivity contribution in [2.45, 2.75) is 18.4 Å². The van der Waals surface area contributed by atoms with Crippen molar-refractivity contribution in [3.8, 4) is 0 Å². The molecule has 0 bridgehead atoms. The van der Waals surface area contributed by atoms with Gasteiger partial charge in [-0.25, -0.2) is 4.39 Å². The number of rotatable bonds is 3. The van der Waals surface area contributed by atoms with Crippen molar-refractivity contribution < 1.29 is 19.0 Å². The molecule has 0 radical (unpaired) electrons. The quantitative estimate of drug-likeness (QED) is 0.812. The molecule has 1 aliphatic rings. The molecule has 0 unspecified atom stereocenters. The summed E-state index contributed by atoms with van der Waals surface area (Å²) in [5.74, 6) is -1.11. The molecular weight excluding hydrogens is 263 g/mol. The number of hydrogen-bond acceptors (Lipinski definition) is 4. The van der Waals surface area contributed by atoms with Gasteiger partial charge in [0.15, 0.2) is 0 Å². The first-order valence-corrected chi connectivity index (χ1v) is 6.52. The predicted molar refractivity (Wildman–Crippen MR) is 72.8 cm³/mol. The number of nitrogens with two attached hydrogens (primary N) is 1. The number of nitrogen functional groups attached to an aromatic ring is 1. The predicted octanol–water partition coefficient (Wildman–Crippen LogP) is 1.02. The fourth-order valence-corrected chi connectivity index (χ4v) is 2.34. The number of benzene rings is 1. The Kier molecular flexibility index (Phi) is 4.25. The molecule has 5 nitrogen and oxygen atoms in total. The monoisotopic (exact) mass is 282 g/mol. The zero-order chi connectivity index (χ0) is 14.8. The number of carbonyl (C=O) groups is 1. The zero-order valence-corrected chi connectivity index (χ0v) is 11.4. The van der Waals surface area contributed by atoms with Gasteiger partial charge in [0.25, 0.3) is 5.91 Å². The summed E-state index contributed by atoms with van der Waals surface area (Å²) in [6.45, 7) is 1.07. The summed E-state index contributed by atoms with van der Waals surface area (Å²) in [5, 5.41) is 10.4. The summed E-state index contributed by atoms with van der Waals surface area (Å²) in [4.78, 5) is 13.5. The van der Waals surface area contributed by atoms with Gasteiger partial charge in [0.1, 0.15) is 5.82 Å². The topological polar surface area (TPSA) is 75.8 Å². The fourth-order valence-electron chi connectivity index (χ4n) is 2.34. The van der Waals surface area contributed by atoms with Crippen molar-refractivity contribution in [3.05, 3.63) is 29.6 Å². The largest absolute Gasteiger partial charge is 0.399 e. The highest BCUT2D eigenvalue weighted by Crippen LogP contribution is 2.22. The van der Waals surface area contributed by atoms with E-state index in [9.17, 15) is 14.3 Å². The number of ether oxygens (including phenoxy) is 1. The maximum Gasteiger partial charge on any atom is 0.256 e. The molecule has 1 aromatic rings. The Morgan fingerprint density at radius 2 is 2.15 bits per heavy atom. The second-order valence-electron chi connectivity index (χ2n) is 5.24. The van der Waals surface area contributed by atoms with Gasteiger partial charge in [-0.1, -0.05) is 0 Å². The molecular formula is C14H19FN2O3. The lowest BCUT2D eigenvalue weighted by molar-refractivity contribution is -0.0734. The lowest BCUT2D eigenvalue weighted by atomic mass is 9.93. The molecule has 1 aromatic carbocycles. The summed E-state index contributed by atoms with van der Waals surface area (Å²) >= 11 is 0. The highest BCUT2D eigenvalue weighted by Gasteiger charge is 2.33. The van der Waals surface area contributed by atoms with E-state index < -0.39 is 17.3 Å². The molecule has 1 saturated heterocycles. The van der Waals surface area contributed by atoms with Gasteiger partial charge < -0.3 is 20.5 Å². The van der Waals surface area contributed by atoms with E-state index in [2.05, 4.69) is 0 Å². The van der Waals surface area contributed by atoms with E-state index in [0.29, 0.717) is 31.7 Å². The molecule has 1 heterocycles. The maximum absolute atomic E-state index is 13.7. The number of anilines is 1. The molecule has 0 spiro atoms. The fraction of sp³-hybridized carbons (Fsp3) is 0.500. The van der Waals surface area contributed by atoms with Gasteiger partial charge in [0, 0.05) is 45.3 Å². The highest BCUT2D eigenvalue weighted by atomic mass is 19.1.